The van der Waals surface area contributed by atoms with Crippen molar-refractivity contribution >= 4 is 35.3 Å². The van der Waals surface area contributed by atoms with Gasteiger partial charge in [-0.2, -0.15) is 0 Å². The molecular weight excluding hydrogens is 410 g/mol. The van der Waals surface area contributed by atoms with Crippen molar-refractivity contribution in [1.82, 2.24) is 9.88 Å². The molecule has 1 aromatic rings. The zero-order valence-electron chi connectivity index (χ0n) is 18.5. The second-order valence-electron chi connectivity index (χ2n) is 9.40. The van der Waals surface area contributed by atoms with E-state index in [-0.39, 0.29) is 24.1 Å². The van der Waals surface area contributed by atoms with Gasteiger partial charge in [0.25, 0.3) is 0 Å². The highest BCUT2D eigenvalue weighted by atomic mass is 35.5. The van der Waals surface area contributed by atoms with Crippen LogP contribution in [0.3, 0.4) is 0 Å². The minimum Gasteiger partial charge on any atom is -0.469 e. The van der Waals surface area contributed by atoms with E-state index >= 15 is 0 Å². The molecule has 2 heterocycles. The highest BCUT2D eigenvalue weighted by molar-refractivity contribution is 6.32. The third-order valence-electron chi connectivity index (χ3n) is 4.66. The number of hydrogen-bond donors (Lipinski definition) is 1. The molecule has 1 aromatic heterocycles. The van der Waals surface area contributed by atoms with Crippen LogP contribution in [-0.2, 0) is 19.1 Å². The van der Waals surface area contributed by atoms with E-state index in [2.05, 4.69) is 10.3 Å². The number of carbonyl (C=O) groups is 3. The Kier molecular flexibility index (Phi) is 7.01. The van der Waals surface area contributed by atoms with Crippen LogP contribution in [0.5, 0.6) is 0 Å². The molecule has 0 saturated carbocycles. The van der Waals surface area contributed by atoms with E-state index in [9.17, 15) is 14.4 Å². The van der Waals surface area contributed by atoms with Gasteiger partial charge in [0.2, 0.25) is 5.91 Å². The summed E-state index contributed by atoms with van der Waals surface area (Å²) >= 11 is 6.30. The van der Waals surface area contributed by atoms with Crippen molar-refractivity contribution in [2.75, 3.05) is 25.5 Å². The molecule has 1 fully saturated rings. The molecule has 30 heavy (non-hydrogen) atoms. The average Bonchev–Trinajstić information content (AvgIpc) is 3.06. The fourth-order valence-electron chi connectivity index (χ4n) is 3.03. The van der Waals surface area contributed by atoms with Crippen molar-refractivity contribution in [3.05, 3.63) is 23.0 Å². The van der Waals surface area contributed by atoms with Crippen LogP contribution in [0.1, 0.15) is 53.2 Å². The van der Waals surface area contributed by atoms with Gasteiger partial charge in [-0.3, -0.25) is 9.59 Å². The minimum atomic E-state index is -0.648. The Labute approximate surface area is 182 Å². The van der Waals surface area contributed by atoms with Gasteiger partial charge >= 0.3 is 12.1 Å². The number of esters is 1. The van der Waals surface area contributed by atoms with Crippen LogP contribution < -0.4 is 5.32 Å². The normalized spacial score (nSPS) is 19.4. The number of rotatable bonds is 3. The summed E-state index contributed by atoms with van der Waals surface area (Å²) in [5, 5.41) is 2.87. The summed E-state index contributed by atoms with van der Waals surface area (Å²) in [4.78, 5) is 42.9. The fourth-order valence-corrected chi connectivity index (χ4v) is 3.23. The number of likely N-dealkylation sites (tertiary alicyclic amines) is 1. The molecule has 166 valence electrons. The summed E-state index contributed by atoms with van der Waals surface area (Å²) < 4.78 is 10.4. The summed E-state index contributed by atoms with van der Waals surface area (Å²) in [6, 6.07) is 3.35. The number of halogens is 1. The highest BCUT2D eigenvalue weighted by Crippen LogP contribution is 2.35. The maximum absolute atomic E-state index is 12.5. The number of carbonyl (C=O) groups excluding carboxylic acids is 3. The molecule has 0 bridgehead atoms. The zero-order chi connectivity index (χ0) is 22.9. The molecule has 2 amide bonds. The number of nitrogens with one attached hydrogen (secondary N) is 1. The predicted octanol–water partition coefficient (Wildman–Crippen LogP) is 3.84. The number of aromatic nitrogens is 1. The number of hydrogen-bond acceptors (Lipinski definition) is 6. The summed E-state index contributed by atoms with van der Waals surface area (Å²) in [6.45, 7) is 11.1. The van der Waals surface area contributed by atoms with Crippen molar-refractivity contribution in [1.29, 1.82) is 0 Å². The molecule has 1 saturated heterocycles. The third-order valence-corrected chi connectivity index (χ3v) is 4.94. The molecule has 0 spiro atoms. The van der Waals surface area contributed by atoms with Gasteiger partial charge in [-0.05, 0) is 32.9 Å². The number of pyridine rings is 1. The lowest BCUT2D eigenvalue weighted by atomic mass is 9.92. The van der Waals surface area contributed by atoms with E-state index in [1.165, 1.54) is 12.0 Å². The Morgan fingerprint density at radius 2 is 1.77 bits per heavy atom. The van der Waals surface area contributed by atoms with Crippen LogP contribution in [0.25, 0.3) is 0 Å². The summed E-state index contributed by atoms with van der Waals surface area (Å²) in [5.74, 6) is -1.63. The lowest BCUT2D eigenvalue weighted by molar-refractivity contribution is -0.145. The minimum absolute atomic E-state index is 0.115. The van der Waals surface area contributed by atoms with Crippen molar-refractivity contribution in [3.8, 4) is 0 Å². The van der Waals surface area contributed by atoms with E-state index in [0.29, 0.717) is 11.4 Å². The van der Waals surface area contributed by atoms with Crippen LogP contribution in [0.4, 0.5) is 10.5 Å². The third kappa shape index (κ3) is 5.84. The summed E-state index contributed by atoms with van der Waals surface area (Å²) in [7, 11) is 1.31. The topological polar surface area (TPSA) is 97.8 Å². The van der Waals surface area contributed by atoms with E-state index < -0.39 is 34.9 Å². The lowest BCUT2D eigenvalue weighted by Gasteiger charge is -2.24. The molecule has 2 rings (SSSR count). The first kappa shape index (κ1) is 23.9. The quantitative estimate of drug-likeness (QED) is 0.567. The molecule has 9 heteroatoms. The number of nitrogens with zero attached hydrogens (tertiary/aromatic N) is 2. The van der Waals surface area contributed by atoms with Crippen molar-refractivity contribution in [2.45, 2.75) is 53.1 Å². The Balaban J connectivity index is 2.26. The molecule has 0 aromatic carbocycles. The molecule has 0 unspecified atom stereocenters. The SMILES string of the molecule is COC(=O)[C@H]1CN(C(=O)OC(C)(C)C)C[C@@H]1c1ccc(NC(=O)C(C)(C)C)c(Cl)n1. The molecule has 0 aliphatic carbocycles. The molecular formula is C21H30ClN3O5. The van der Waals surface area contributed by atoms with E-state index in [1.807, 2.05) is 0 Å². The van der Waals surface area contributed by atoms with E-state index in [0.717, 1.165) is 0 Å². The van der Waals surface area contributed by atoms with Crippen LogP contribution in [0.2, 0.25) is 5.15 Å². The molecule has 0 radical (unpaired) electrons. The second-order valence-corrected chi connectivity index (χ2v) is 9.76. The first-order valence-corrected chi connectivity index (χ1v) is 10.1. The van der Waals surface area contributed by atoms with Crippen LogP contribution in [0, 0.1) is 11.3 Å². The van der Waals surface area contributed by atoms with Gasteiger partial charge in [-0.15, -0.1) is 0 Å². The Bertz CT molecular complexity index is 829. The van der Waals surface area contributed by atoms with Gasteiger partial charge in [0.05, 0.1) is 18.7 Å². The monoisotopic (exact) mass is 439 g/mol. The van der Waals surface area contributed by atoms with Gasteiger partial charge in [0.15, 0.2) is 5.15 Å². The maximum atomic E-state index is 12.5. The largest absolute Gasteiger partial charge is 0.469 e. The van der Waals surface area contributed by atoms with Crippen LogP contribution in [-0.4, -0.2) is 53.7 Å². The van der Waals surface area contributed by atoms with Crippen molar-refractivity contribution < 1.29 is 23.9 Å². The van der Waals surface area contributed by atoms with Gasteiger partial charge in [0, 0.05) is 30.1 Å². The second kappa shape index (κ2) is 8.79. The number of anilines is 1. The number of methoxy groups -OCH3 is 1. The Morgan fingerprint density at radius 1 is 1.13 bits per heavy atom. The molecule has 2 atom stereocenters. The van der Waals surface area contributed by atoms with E-state index in [1.54, 1.807) is 53.7 Å². The number of ether oxygens (including phenoxy) is 2. The first-order valence-electron chi connectivity index (χ1n) is 9.76. The highest BCUT2D eigenvalue weighted by Gasteiger charge is 2.43. The van der Waals surface area contributed by atoms with Crippen LogP contribution in [0.15, 0.2) is 12.1 Å². The van der Waals surface area contributed by atoms with Gasteiger partial charge < -0.3 is 19.7 Å². The number of amides is 2. The average molecular weight is 440 g/mol. The predicted molar refractivity (Wildman–Crippen MR) is 113 cm³/mol. The standard InChI is InChI=1S/C21H30ClN3O5/c1-20(2,3)18(27)24-15-9-8-14(23-16(15)22)12-10-25(11-13(12)17(26)29-7)19(28)30-21(4,5)6/h8-9,12-13H,10-11H2,1-7H3,(H,24,27)/t12-,13-/m0/s1. The van der Waals surface area contributed by atoms with E-state index in [4.69, 9.17) is 21.1 Å². The maximum Gasteiger partial charge on any atom is 0.410 e. The molecule has 8 nitrogen and oxygen atoms in total. The lowest BCUT2D eigenvalue weighted by Crippen LogP contribution is -2.36. The van der Waals surface area contributed by atoms with Gasteiger partial charge in [-0.1, -0.05) is 32.4 Å². The molecule has 1 N–H and O–H groups in total. The zero-order valence-corrected chi connectivity index (χ0v) is 19.3. The summed E-state index contributed by atoms with van der Waals surface area (Å²) in [5.41, 5.74) is -0.311. The smallest absolute Gasteiger partial charge is 0.410 e. The summed E-state index contributed by atoms with van der Waals surface area (Å²) in [6.07, 6.45) is -0.501. The van der Waals surface area contributed by atoms with Gasteiger partial charge in [-0.25, -0.2) is 9.78 Å². The van der Waals surface area contributed by atoms with Crippen molar-refractivity contribution in [2.24, 2.45) is 11.3 Å². The Hall–Kier alpha value is -2.35. The first-order chi connectivity index (χ1) is 13.7. The Morgan fingerprint density at radius 3 is 2.27 bits per heavy atom. The van der Waals surface area contributed by atoms with Crippen LogP contribution >= 0.6 is 11.6 Å². The molecule has 1 aliphatic heterocycles. The molecule has 1 aliphatic rings. The van der Waals surface area contributed by atoms with Crippen molar-refractivity contribution in [3.63, 3.8) is 0 Å². The fraction of sp³-hybridized carbons (Fsp3) is 0.619. The van der Waals surface area contributed by atoms with Gasteiger partial charge in [0.1, 0.15) is 5.60 Å².